The van der Waals surface area contributed by atoms with Crippen molar-refractivity contribution < 1.29 is 10.2 Å². The number of hydrogen-bond acceptors (Lipinski definition) is 2. The zero-order valence-corrected chi connectivity index (χ0v) is 11.8. The van der Waals surface area contributed by atoms with Crippen LogP contribution in [-0.4, -0.2) is 33.8 Å². The summed E-state index contributed by atoms with van der Waals surface area (Å²) in [6.07, 6.45) is 0. The Bertz CT molecular complexity index is 622. The average molecular weight is 309 g/mol. The molecule has 0 fully saturated rings. The molecule has 0 atom stereocenters. The molecule has 88 valence electrons. The molecule has 0 bridgehead atoms. The van der Waals surface area contributed by atoms with Crippen molar-refractivity contribution in [1.29, 1.82) is 0 Å². The van der Waals surface area contributed by atoms with Gasteiger partial charge < -0.3 is 10.2 Å². The van der Waals surface area contributed by atoms with Gasteiger partial charge in [-0.1, -0.05) is 32.9 Å². The van der Waals surface area contributed by atoms with E-state index in [9.17, 15) is 10.2 Å². The molecule has 0 saturated heterocycles. The number of aryl methyl sites for hydroxylation is 1. The molecule has 0 aliphatic carbocycles. The van der Waals surface area contributed by atoms with Gasteiger partial charge in [0.2, 0.25) is 0 Å². The summed E-state index contributed by atoms with van der Waals surface area (Å²) in [5.41, 5.74) is 1.63. The number of rotatable bonds is 1. The molecule has 19 heavy (non-hydrogen) atoms. The van der Waals surface area contributed by atoms with Crippen molar-refractivity contribution in [2.75, 3.05) is 0 Å². The van der Waals surface area contributed by atoms with Gasteiger partial charge in [-0.25, -0.2) is 0 Å². The quantitative estimate of drug-likeness (QED) is 0.740. The van der Waals surface area contributed by atoms with E-state index < -0.39 is 0 Å². The Balaban J connectivity index is 2.82. The van der Waals surface area contributed by atoms with Crippen molar-refractivity contribution in [3.05, 3.63) is 28.2 Å². The Morgan fingerprint density at radius 2 is 1.42 bits per heavy atom. The van der Waals surface area contributed by atoms with Crippen LogP contribution in [0.15, 0.2) is 22.7 Å². The molecule has 0 amide bonds. The summed E-state index contributed by atoms with van der Waals surface area (Å²) in [7, 11) is 17.0. The third-order valence-electron chi connectivity index (χ3n) is 2.89. The fraction of sp³-hybridized carbons (Fsp3) is 0.0769. The van der Waals surface area contributed by atoms with Crippen LogP contribution in [0, 0.1) is 6.92 Å². The van der Waals surface area contributed by atoms with Gasteiger partial charge in [0, 0.05) is 4.47 Å². The van der Waals surface area contributed by atoms with Gasteiger partial charge in [0.05, 0.1) is 5.56 Å². The first-order valence-electron chi connectivity index (χ1n) is 5.48. The minimum Gasteiger partial charge on any atom is -0.508 e. The lowest BCUT2D eigenvalue weighted by Gasteiger charge is -2.17. The van der Waals surface area contributed by atoms with Crippen LogP contribution >= 0.6 is 15.9 Å². The maximum Gasteiger partial charge on any atom is 0.119 e. The van der Waals surface area contributed by atoms with Gasteiger partial charge in [-0.05, 0) is 30.2 Å². The van der Waals surface area contributed by atoms with E-state index in [1.807, 2.05) is 13.0 Å². The fourth-order valence-corrected chi connectivity index (χ4v) is 2.54. The molecule has 0 aromatic heterocycles. The second-order valence-electron chi connectivity index (χ2n) is 4.33. The molecule has 0 aliphatic rings. The van der Waals surface area contributed by atoms with E-state index in [1.165, 1.54) is 0 Å². The van der Waals surface area contributed by atoms with E-state index >= 15 is 0 Å². The van der Waals surface area contributed by atoms with Gasteiger partial charge in [-0.3, -0.25) is 0 Å². The highest BCUT2D eigenvalue weighted by atomic mass is 79.9. The van der Waals surface area contributed by atoms with E-state index in [0.29, 0.717) is 5.56 Å². The van der Waals surface area contributed by atoms with Gasteiger partial charge in [0.25, 0.3) is 0 Å². The molecule has 6 heteroatoms. The summed E-state index contributed by atoms with van der Waals surface area (Å²) in [4.78, 5) is 0. The van der Waals surface area contributed by atoms with Crippen LogP contribution < -0.4 is 16.4 Å². The third kappa shape index (κ3) is 2.41. The van der Waals surface area contributed by atoms with Crippen molar-refractivity contribution in [1.82, 2.24) is 0 Å². The average Bonchev–Trinajstić information content (AvgIpc) is 2.33. The second kappa shape index (κ2) is 5.01. The highest BCUT2D eigenvalue weighted by Gasteiger charge is 2.17. The molecule has 2 N–H and O–H groups in total. The normalized spacial score (nSPS) is 10.6. The molecule has 2 aromatic carbocycles. The molecule has 0 saturated carbocycles. The summed E-state index contributed by atoms with van der Waals surface area (Å²) in [5.74, 6) is -0.552. The zero-order chi connectivity index (χ0) is 14.3. The van der Waals surface area contributed by atoms with Gasteiger partial charge in [0.15, 0.2) is 0 Å². The van der Waals surface area contributed by atoms with Crippen LogP contribution in [0.1, 0.15) is 5.56 Å². The largest absolute Gasteiger partial charge is 0.508 e. The van der Waals surface area contributed by atoms with Gasteiger partial charge >= 0.3 is 0 Å². The van der Waals surface area contributed by atoms with Gasteiger partial charge in [-0.2, -0.15) is 0 Å². The van der Waals surface area contributed by atoms with E-state index in [2.05, 4.69) is 15.9 Å². The zero-order valence-electron chi connectivity index (χ0n) is 10.2. The van der Waals surface area contributed by atoms with E-state index in [-0.39, 0.29) is 33.5 Å². The Morgan fingerprint density at radius 3 is 1.89 bits per heavy atom. The molecule has 6 radical (unpaired) electrons. The summed E-state index contributed by atoms with van der Waals surface area (Å²) >= 11 is 3.36. The molecule has 0 heterocycles. The molecule has 2 aromatic rings. The van der Waals surface area contributed by atoms with Crippen LogP contribution in [-0.2, 0) is 0 Å². The highest BCUT2D eigenvalue weighted by Crippen LogP contribution is 2.35. The van der Waals surface area contributed by atoms with Crippen molar-refractivity contribution in [2.24, 2.45) is 0 Å². The Hall–Kier alpha value is -1.29. The van der Waals surface area contributed by atoms with Crippen molar-refractivity contribution in [3.8, 4) is 22.6 Å². The molecular formula is C13H8B3BrO2. The molecule has 2 nitrogen and oxygen atoms in total. The minimum atomic E-state index is -0.276. The monoisotopic (exact) mass is 308 g/mol. The Kier molecular flexibility index (Phi) is 3.72. The molecular weight excluding hydrogens is 300 g/mol. The van der Waals surface area contributed by atoms with Crippen LogP contribution in [0.4, 0.5) is 0 Å². The number of hydrogen-bond donors (Lipinski definition) is 2. The first kappa shape index (κ1) is 14.1. The Morgan fingerprint density at radius 1 is 0.895 bits per heavy atom. The predicted molar refractivity (Wildman–Crippen MR) is 83.8 cm³/mol. The Labute approximate surface area is 124 Å². The number of phenols is 2. The molecule has 0 unspecified atom stereocenters. The number of phenolic OH excluding ortho intramolecular Hbond substituents is 2. The number of halogens is 1. The maximum atomic E-state index is 10.1. The van der Waals surface area contributed by atoms with Crippen molar-refractivity contribution in [2.45, 2.75) is 6.92 Å². The predicted octanol–water partition coefficient (Wildman–Crippen LogP) is 0.217. The standard InChI is InChI=1S/C13H8B3BrO2/c1-5-2-6(4-7(17)3-5)8-12(18)10(15)9(14)11(16)13(8)19/h2-4,18-19H,1H3. The van der Waals surface area contributed by atoms with E-state index in [1.54, 1.807) is 12.1 Å². The number of aromatic hydroxyl groups is 2. The van der Waals surface area contributed by atoms with Crippen LogP contribution in [0.2, 0.25) is 0 Å². The van der Waals surface area contributed by atoms with Gasteiger partial charge in [-0.15, -0.1) is 5.46 Å². The third-order valence-corrected chi connectivity index (χ3v) is 3.35. The smallest absolute Gasteiger partial charge is 0.119 e. The van der Waals surface area contributed by atoms with Crippen LogP contribution in [0.5, 0.6) is 11.5 Å². The molecule has 0 aliphatic heterocycles. The first-order valence-corrected chi connectivity index (χ1v) is 6.28. The maximum absolute atomic E-state index is 10.1. The summed E-state index contributed by atoms with van der Waals surface area (Å²) < 4.78 is 0.815. The lowest BCUT2D eigenvalue weighted by Crippen LogP contribution is -2.39. The SMILES string of the molecule is [B]c1c([B])c(O)c(-c2cc(C)cc(Br)c2)c(O)c1[B]. The summed E-state index contributed by atoms with van der Waals surface area (Å²) in [6.45, 7) is 1.90. The summed E-state index contributed by atoms with van der Waals surface area (Å²) in [6, 6.07) is 5.45. The molecule has 0 spiro atoms. The fourth-order valence-electron chi connectivity index (χ4n) is 1.94. The summed E-state index contributed by atoms with van der Waals surface area (Å²) in [5, 5.41) is 20.2. The van der Waals surface area contributed by atoms with Crippen molar-refractivity contribution in [3.63, 3.8) is 0 Å². The lowest BCUT2D eigenvalue weighted by atomic mass is 9.69. The van der Waals surface area contributed by atoms with Gasteiger partial charge in [0.1, 0.15) is 35.0 Å². The topological polar surface area (TPSA) is 40.5 Å². The second-order valence-corrected chi connectivity index (χ2v) is 5.25. The number of benzene rings is 2. The van der Waals surface area contributed by atoms with Crippen LogP contribution in [0.25, 0.3) is 11.1 Å². The van der Waals surface area contributed by atoms with E-state index in [0.717, 1.165) is 10.0 Å². The highest BCUT2D eigenvalue weighted by molar-refractivity contribution is 9.10. The minimum absolute atomic E-state index is 0.0227. The van der Waals surface area contributed by atoms with E-state index in [4.69, 9.17) is 23.5 Å². The van der Waals surface area contributed by atoms with Crippen molar-refractivity contribution >= 4 is 55.9 Å². The lowest BCUT2D eigenvalue weighted by molar-refractivity contribution is 0.460. The first-order chi connectivity index (χ1) is 8.82. The molecule has 2 rings (SSSR count). The van der Waals surface area contributed by atoms with Crippen LogP contribution in [0.3, 0.4) is 0 Å².